The third kappa shape index (κ3) is 107. The van der Waals surface area contributed by atoms with Crippen molar-refractivity contribution < 1.29 is 58.1 Å². The summed E-state index contributed by atoms with van der Waals surface area (Å²) in [6, 6.07) is 0. The van der Waals surface area contributed by atoms with Gasteiger partial charge < -0.3 is 48.5 Å². The van der Waals surface area contributed by atoms with Gasteiger partial charge in [-0.15, -0.1) is 0 Å². The molecule has 16 N–H and O–H groups in total. The predicted octanol–water partition coefficient (Wildman–Crippen LogP) is -5.84. The van der Waals surface area contributed by atoms with E-state index < -0.39 is 11.9 Å². The van der Waals surface area contributed by atoms with E-state index in [0.29, 0.717) is 0 Å². The van der Waals surface area contributed by atoms with E-state index in [2.05, 4.69) is 0 Å². The molecule has 0 aromatic carbocycles. The van der Waals surface area contributed by atoms with E-state index >= 15 is 0 Å². The average molecular weight is 244 g/mol. The third-order valence-corrected chi connectivity index (χ3v) is 0.553. The Balaban J connectivity index is -0.0000000117. The van der Waals surface area contributed by atoms with Crippen molar-refractivity contribution in [3.05, 3.63) is 0 Å². The number of carbonyl (C=O) groups is 2. The SMILES string of the molecule is O.O.O.O.O.O.O.O=C(O)CCC(=O)O. The minimum atomic E-state index is -1.08. The highest BCUT2D eigenvalue weighted by Gasteiger charge is 2.00. The molecule has 0 spiro atoms. The molecule has 102 valence electrons. The Morgan fingerprint density at radius 2 is 0.733 bits per heavy atom. The van der Waals surface area contributed by atoms with Gasteiger partial charge in [0.1, 0.15) is 0 Å². The summed E-state index contributed by atoms with van der Waals surface area (Å²) in [6.07, 6.45) is -0.593. The summed E-state index contributed by atoms with van der Waals surface area (Å²) < 4.78 is 0. The quantitative estimate of drug-likeness (QED) is 0.489. The minimum absolute atomic E-state index is 0. The molecule has 0 saturated carbocycles. The second-order valence-electron chi connectivity index (χ2n) is 1.29. The lowest BCUT2D eigenvalue weighted by molar-refractivity contribution is -0.143. The average Bonchev–Trinajstić information content (AvgIpc) is 1.61. The highest BCUT2D eigenvalue weighted by atomic mass is 16.4. The maximum Gasteiger partial charge on any atom is 0.303 e. The number of hydrogen-bond donors (Lipinski definition) is 2. The van der Waals surface area contributed by atoms with E-state index in [1.165, 1.54) is 0 Å². The Hall–Kier alpha value is -1.34. The zero-order chi connectivity index (χ0) is 6.57. The van der Waals surface area contributed by atoms with Crippen molar-refractivity contribution in [1.29, 1.82) is 0 Å². The second-order valence-corrected chi connectivity index (χ2v) is 1.29. The fourth-order valence-electron chi connectivity index (χ4n) is 0.214. The minimum Gasteiger partial charge on any atom is -0.481 e. The molecule has 0 unspecified atom stereocenters. The van der Waals surface area contributed by atoms with Gasteiger partial charge in [-0.2, -0.15) is 0 Å². The van der Waals surface area contributed by atoms with Crippen molar-refractivity contribution in [3.8, 4) is 0 Å². The summed E-state index contributed by atoms with van der Waals surface area (Å²) >= 11 is 0. The topological polar surface area (TPSA) is 295 Å². The first-order valence-corrected chi connectivity index (χ1v) is 2.06. The number of hydrogen-bond acceptors (Lipinski definition) is 2. The van der Waals surface area contributed by atoms with Crippen LogP contribution in [0.2, 0.25) is 0 Å². The van der Waals surface area contributed by atoms with Crippen LogP contribution in [-0.4, -0.2) is 60.5 Å². The smallest absolute Gasteiger partial charge is 0.303 e. The fraction of sp³-hybridized carbons (Fsp3) is 0.500. The normalized spacial score (nSPS) is 4.53. The van der Waals surface area contributed by atoms with Gasteiger partial charge in [-0.1, -0.05) is 0 Å². The van der Waals surface area contributed by atoms with Crippen LogP contribution in [-0.2, 0) is 9.59 Å². The van der Waals surface area contributed by atoms with Crippen molar-refractivity contribution in [2.45, 2.75) is 12.8 Å². The van der Waals surface area contributed by atoms with Gasteiger partial charge in [0.2, 0.25) is 0 Å². The van der Waals surface area contributed by atoms with Gasteiger partial charge in [0.05, 0.1) is 12.8 Å². The van der Waals surface area contributed by atoms with E-state index in [4.69, 9.17) is 10.2 Å². The van der Waals surface area contributed by atoms with Crippen molar-refractivity contribution in [2.24, 2.45) is 0 Å². The molecule has 15 heavy (non-hydrogen) atoms. The lowest BCUT2D eigenvalue weighted by atomic mass is 10.3. The van der Waals surface area contributed by atoms with Gasteiger partial charge in [-0.05, 0) is 0 Å². The summed E-state index contributed by atoms with van der Waals surface area (Å²) in [4.78, 5) is 19.3. The molecule has 0 aliphatic carbocycles. The standard InChI is InChI=1S/C4H6O4.7H2O/c5-3(6)1-2-4(7)8;;;;;;;/h1-2H2,(H,5,6)(H,7,8);7*1H2. The molecule has 0 aromatic rings. The molecule has 0 aliphatic heterocycles. The van der Waals surface area contributed by atoms with E-state index in [1.807, 2.05) is 0 Å². The monoisotopic (exact) mass is 244 g/mol. The molecule has 0 heterocycles. The molecule has 11 nitrogen and oxygen atoms in total. The van der Waals surface area contributed by atoms with Crippen LogP contribution in [0.15, 0.2) is 0 Å². The van der Waals surface area contributed by atoms with Gasteiger partial charge in [-0.25, -0.2) is 0 Å². The number of aliphatic carboxylic acids is 2. The third-order valence-electron chi connectivity index (χ3n) is 0.553. The molecular weight excluding hydrogens is 224 g/mol. The van der Waals surface area contributed by atoms with Crippen LogP contribution in [0.25, 0.3) is 0 Å². The van der Waals surface area contributed by atoms with Crippen LogP contribution in [0.3, 0.4) is 0 Å². The van der Waals surface area contributed by atoms with Crippen LogP contribution >= 0.6 is 0 Å². The summed E-state index contributed by atoms with van der Waals surface area (Å²) in [7, 11) is 0. The summed E-state index contributed by atoms with van der Waals surface area (Å²) in [6.45, 7) is 0. The Morgan fingerprint density at radius 3 is 0.800 bits per heavy atom. The lowest BCUT2D eigenvalue weighted by Crippen LogP contribution is -2.00. The second kappa shape index (κ2) is 38.8. The predicted molar refractivity (Wildman–Crippen MR) is 49.8 cm³/mol. The van der Waals surface area contributed by atoms with Crippen LogP contribution in [0, 0.1) is 0 Å². The Kier molecular flexibility index (Phi) is 177. The Labute approximate surface area is 84.1 Å². The molecule has 0 atom stereocenters. The lowest BCUT2D eigenvalue weighted by Gasteiger charge is -1.85. The van der Waals surface area contributed by atoms with Crippen molar-refractivity contribution in [1.82, 2.24) is 0 Å². The first kappa shape index (κ1) is 68.3. The molecule has 0 saturated heterocycles. The first-order chi connectivity index (χ1) is 3.63. The summed E-state index contributed by atoms with van der Waals surface area (Å²) in [5.74, 6) is -2.15. The number of rotatable bonds is 3. The van der Waals surface area contributed by atoms with Gasteiger partial charge >= 0.3 is 11.9 Å². The molecule has 11 heteroatoms. The molecule has 0 fully saturated rings. The van der Waals surface area contributed by atoms with Crippen molar-refractivity contribution >= 4 is 11.9 Å². The molecule has 0 radical (unpaired) electrons. The highest BCUT2D eigenvalue weighted by molar-refractivity contribution is 5.75. The molecule has 0 aliphatic rings. The molecule has 0 aromatic heterocycles. The highest BCUT2D eigenvalue weighted by Crippen LogP contribution is 1.85. The summed E-state index contributed by atoms with van der Waals surface area (Å²) in [5.41, 5.74) is 0. The van der Waals surface area contributed by atoms with Crippen molar-refractivity contribution in [2.75, 3.05) is 0 Å². The van der Waals surface area contributed by atoms with Crippen molar-refractivity contribution in [3.63, 3.8) is 0 Å². The first-order valence-electron chi connectivity index (χ1n) is 2.06. The van der Waals surface area contributed by atoms with Crippen LogP contribution in [0.5, 0.6) is 0 Å². The maximum absolute atomic E-state index is 9.64. The van der Waals surface area contributed by atoms with Gasteiger partial charge in [-0.3, -0.25) is 9.59 Å². The number of carboxylic acids is 2. The largest absolute Gasteiger partial charge is 0.481 e. The zero-order valence-electron chi connectivity index (χ0n) is 7.63. The van der Waals surface area contributed by atoms with E-state index in [1.54, 1.807) is 0 Å². The van der Waals surface area contributed by atoms with Gasteiger partial charge in [0.15, 0.2) is 0 Å². The van der Waals surface area contributed by atoms with E-state index in [-0.39, 0.29) is 51.2 Å². The Morgan fingerprint density at radius 1 is 0.600 bits per heavy atom. The van der Waals surface area contributed by atoms with E-state index in [0.717, 1.165) is 0 Å². The van der Waals surface area contributed by atoms with Crippen LogP contribution in [0.1, 0.15) is 12.8 Å². The molecule has 0 bridgehead atoms. The zero-order valence-corrected chi connectivity index (χ0v) is 7.63. The van der Waals surface area contributed by atoms with Crippen LogP contribution < -0.4 is 0 Å². The van der Waals surface area contributed by atoms with Crippen LogP contribution in [0.4, 0.5) is 0 Å². The molecular formula is C4H20O11. The molecule has 0 rings (SSSR count). The maximum atomic E-state index is 9.64. The number of carboxylic acid groups (broad SMARTS) is 2. The fourth-order valence-corrected chi connectivity index (χ4v) is 0.214. The Bertz CT molecular complexity index is 97.2. The van der Waals surface area contributed by atoms with Gasteiger partial charge in [0.25, 0.3) is 0 Å². The summed E-state index contributed by atoms with van der Waals surface area (Å²) in [5, 5.41) is 15.8. The van der Waals surface area contributed by atoms with E-state index in [9.17, 15) is 9.59 Å². The van der Waals surface area contributed by atoms with Gasteiger partial charge in [0, 0.05) is 0 Å². The molecule has 0 amide bonds.